The van der Waals surface area contributed by atoms with Crippen molar-refractivity contribution in [3.05, 3.63) is 12.7 Å². The van der Waals surface area contributed by atoms with E-state index in [1.807, 2.05) is 0 Å². The molecule has 0 aromatic heterocycles. The fourth-order valence-electron chi connectivity index (χ4n) is 3.65. The van der Waals surface area contributed by atoms with E-state index in [9.17, 15) is 19.2 Å². The largest absolute Gasteiger partial charge is 0.463 e. The SMILES string of the molecule is C=CC[C@H]1O[C@@H]([C@H](OC(C)=O)C(=O)OCC)C2(OCCO2)[C@@H](OC(C)=O)[C@@H]1OC(C)=O. The lowest BCUT2D eigenvalue weighted by Gasteiger charge is -2.50. The second-order valence-corrected chi connectivity index (χ2v) is 6.92. The Bertz CT molecular complexity index is 697. The lowest BCUT2D eigenvalue weighted by Crippen LogP contribution is -2.72. The molecule has 2 fully saturated rings. The van der Waals surface area contributed by atoms with Crippen molar-refractivity contribution in [2.45, 2.75) is 70.4 Å². The van der Waals surface area contributed by atoms with Crippen molar-refractivity contribution in [3.63, 3.8) is 0 Å². The summed E-state index contributed by atoms with van der Waals surface area (Å²) in [6.45, 7) is 8.84. The summed E-state index contributed by atoms with van der Waals surface area (Å²) in [5, 5.41) is 0. The van der Waals surface area contributed by atoms with Crippen molar-refractivity contribution in [2.24, 2.45) is 0 Å². The fourth-order valence-corrected chi connectivity index (χ4v) is 3.65. The Morgan fingerprint density at radius 2 is 1.68 bits per heavy atom. The quantitative estimate of drug-likeness (QED) is 0.293. The van der Waals surface area contributed by atoms with Crippen LogP contribution >= 0.6 is 0 Å². The molecule has 0 N–H and O–H groups in total. The maximum absolute atomic E-state index is 12.7. The van der Waals surface area contributed by atoms with Gasteiger partial charge in [-0.3, -0.25) is 14.4 Å². The van der Waals surface area contributed by atoms with Gasteiger partial charge in [0.25, 0.3) is 0 Å². The minimum Gasteiger partial charge on any atom is -0.463 e. The molecule has 2 aliphatic heterocycles. The van der Waals surface area contributed by atoms with E-state index in [4.69, 9.17) is 33.2 Å². The number of hydrogen-bond donors (Lipinski definition) is 0. The van der Waals surface area contributed by atoms with Gasteiger partial charge in [-0.05, 0) is 13.3 Å². The van der Waals surface area contributed by atoms with Crippen LogP contribution in [0, 0.1) is 0 Å². The van der Waals surface area contributed by atoms with Crippen LogP contribution in [0.5, 0.6) is 0 Å². The molecule has 2 saturated heterocycles. The summed E-state index contributed by atoms with van der Waals surface area (Å²) >= 11 is 0. The number of rotatable bonds is 8. The van der Waals surface area contributed by atoms with Crippen LogP contribution in [0.25, 0.3) is 0 Å². The van der Waals surface area contributed by atoms with E-state index >= 15 is 0 Å². The molecule has 174 valence electrons. The van der Waals surface area contributed by atoms with Crippen LogP contribution in [0.2, 0.25) is 0 Å². The van der Waals surface area contributed by atoms with Crippen molar-refractivity contribution >= 4 is 23.9 Å². The van der Waals surface area contributed by atoms with Crippen LogP contribution in [0.3, 0.4) is 0 Å². The summed E-state index contributed by atoms with van der Waals surface area (Å²) in [6.07, 6.45) is -4.72. The van der Waals surface area contributed by atoms with Gasteiger partial charge in [0, 0.05) is 20.8 Å². The van der Waals surface area contributed by atoms with Gasteiger partial charge >= 0.3 is 23.9 Å². The third-order valence-electron chi connectivity index (χ3n) is 4.60. The molecule has 0 saturated carbocycles. The molecule has 0 radical (unpaired) electrons. The van der Waals surface area contributed by atoms with Gasteiger partial charge in [-0.1, -0.05) is 6.08 Å². The minimum atomic E-state index is -1.89. The average molecular weight is 444 g/mol. The van der Waals surface area contributed by atoms with Crippen molar-refractivity contribution < 1.29 is 52.3 Å². The van der Waals surface area contributed by atoms with Crippen LogP contribution in [0.1, 0.15) is 34.1 Å². The van der Waals surface area contributed by atoms with Gasteiger partial charge in [-0.25, -0.2) is 4.79 Å². The maximum atomic E-state index is 12.7. The van der Waals surface area contributed by atoms with Gasteiger partial charge in [-0.15, -0.1) is 6.58 Å². The van der Waals surface area contributed by atoms with Crippen LogP contribution in [-0.4, -0.2) is 80.0 Å². The predicted molar refractivity (Wildman–Crippen MR) is 101 cm³/mol. The Morgan fingerprint density at radius 3 is 2.16 bits per heavy atom. The zero-order chi connectivity index (χ0) is 23.2. The number of hydrogen-bond acceptors (Lipinski definition) is 11. The molecular weight excluding hydrogens is 416 g/mol. The van der Waals surface area contributed by atoms with Crippen molar-refractivity contribution in [3.8, 4) is 0 Å². The third kappa shape index (κ3) is 5.60. The zero-order valence-electron chi connectivity index (χ0n) is 18.0. The molecule has 1 spiro atoms. The first-order valence-electron chi connectivity index (χ1n) is 9.88. The molecule has 0 bridgehead atoms. The molecule has 0 aromatic carbocycles. The smallest absolute Gasteiger partial charge is 0.350 e. The van der Waals surface area contributed by atoms with Gasteiger partial charge in [0.15, 0.2) is 18.3 Å². The summed E-state index contributed by atoms with van der Waals surface area (Å²) in [5.74, 6) is -4.93. The van der Waals surface area contributed by atoms with Crippen molar-refractivity contribution in [2.75, 3.05) is 19.8 Å². The molecule has 0 aliphatic carbocycles. The van der Waals surface area contributed by atoms with Crippen LogP contribution in [-0.2, 0) is 52.3 Å². The predicted octanol–water partition coefficient (Wildman–Crippen LogP) is 0.431. The standard InChI is InChI=1S/C20H28O11/c1-6-8-14-15(28-11(3)21)17(30-13(5)23)20(26-9-10-27-20)18(31-14)16(29-12(4)22)19(24)25-7-2/h6,14-18H,1,7-10H2,2-5H3/t14-,15-,16+,17+,18+/m1/s1. The molecule has 0 unspecified atom stereocenters. The second-order valence-electron chi connectivity index (χ2n) is 6.92. The summed E-state index contributed by atoms with van der Waals surface area (Å²) in [5.41, 5.74) is 0. The summed E-state index contributed by atoms with van der Waals surface area (Å²) in [4.78, 5) is 48.1. The normalized spacial score (nSPS) is 27.7. The highest BCUT2D eigenvalue weighted by atomic mass is 16.8. The Labute approximate surface area is 179 Å². The van der Waals surface area contributed by atoms with Crippen molar-refractivity contribution in [1.29, 1.82) is 0 Å². The lowest BCUT2D eigenvalue weighted by atomic mass is 9.86. The Hall–Kier alpha value is -2.50. The van der Waals surface area contributed by atoms with E-state index in [1.165, 1.54) is 13.0 Å². The summed E-state index contributed by atoms with van der Waals surface area (Å²) < 4.78 is 38.8. The van der Waals surface area contributed by atoms with E-state index in [1.54, 1.807) is 6.92 Å². The van der Waals surface area contributed by atoms with E-state index in [0.717, 1.165) is 13.8 Å². The van der Waals surface area contributed by atoms with E-state index in [2.05, 4.69) is 6.58 Å². The second kappa shape index (κ2) is 10.7. The fraction of sp³-hybridized carbons (Fsp3) is 0.700. The molecule has 11 heteroatoms. The van der Waals surface area contributed by atoms with E-state index in [0.29, 0.717) is 0 Å². The Kier molecular flexibility index (Phi) is 8.54. The lowest BCUT2D eigenvalue weighted by molar-refractivity contribution is -0.356. The monoisotopic (exact) mass is 444 g/mol. The first kappa shape index (κ1) is 24.8. The molecular formula is C20H28O11. The molecule has 31 heavy (non-hydrogen) atoms. The van der Waals surface area contributed by atoms with Crippen LogP contribution in [0.4, 0.5) is 0 Å². The van der Waals surface area contributed by atoms with Gasteiger partial charge in [0.05, 0.1) is 19.8 Å². The molecule has 0 aromatic rings. The van der Waals surface area contributed by atoms with E-state index in [-0.39, 0.29) is 26.2 Å². The molecule has 2 aliphatic rings. The average Bonchev–Trinajstić information content (AvgIpc) is 3.15. The highest BCUT2D eigenvalue weighted by Gasteiger charge is 2.67. The molecule has 5 atom stereocenters. The maximum Gasteiger partial charge on any atom is 0.350 e. The Balaban J connectivity index is 2.60. The zero-order valence-corrected chi connectivity index (χ0v) is 18.0. The number of carbonyl (C=O) groups is 4. The van der Waals surface area contributed by atoms with Gasteiger partial charge in [0.2, 0.25) is 11.9 Å². The highest BCUT2D eigenvalue weighted by Crippen LogP contribution is 2.43. The summed E-state index contributed by atoms with van der Waals surface area (Å²) in [7, 11) is 0. The molecule has 0 amide bonds. The van der Waals surface area contributed by atoms with E-state index < -0.39 is 60.2 Å². The first-order valence-corrected chi connectivity index (χ1v) is 9.88. The van der Waals surface area contributed by atoms with Gasteiger partial charge in [0.1, 0.15) is 6.10 Å². The number of ether oxygens (including phenoxy) is 7. The van der Waals surface area contributed by atoms with Gasteiger partial charge in [-0.2, -0.15) is 0 Å². The molecule has 2 heterocycles. The minimum absolute atomic E-state index is 0.0115. The molecule has 2 rings (SSSR count). The van der Waals surface area contributed by atoms with Crippen LogP contribution < -0.4 is 0 Å². The number of carbonyl (C=O) groups excluding carboxylic acids is 4. The molecule has 11 nitrogen and oxygen atoms in total. The first-order chi connectivity index (χ1) is 14.7. The van der Waals surface area contributed by atoms with Crippen molar-refractivity contribution in [1.82, 2.24) is 0 Å². The number of esters is 4. The van der Waals surface area contributed by atoms with Crippen LogP contribution in [0.15, 0.2) is 12.7 Å². The highest BCUT2D eigenvalue weighted by molar-refractivity contribution is 5.79. The van der Waals surface area contributed by atoms with Gasteiger partial charge < -0.3 is 33.2 Å². The third-order valence-corrected chi connectivity index (χ3v) is 4.60. The topological polar surface area (TPSA) is 133 Å². The summed E-state index contributed by atoms with van der Waals surface area (Å²) in [6, 6.07) is 0. The Morgan fingerprint density at radius 1 is 1.06 bits per heavy atom.